The molecule has 0 aromatic heterocycles. The third-order valence-electron chi connectivity index (χ3n) is 3.81. The van der Waals surface area contributed by atoms with Gasteiger partial charge in [0.25, 0.3) is 5.91 Å². The van der Waals surface area contributed by atoms with Crippen molar-refractivity contribution in [3.8, 4) is 5.75 Å². The first-order valence-corrected chi connectivity index (χ1v) is 9.57. The van der Waals surface area contributed by atoms with Crippen LogP contribution in [0.2, 0.25) is 0 Å². The molecule has 0 fully saturated rings. The summed E-state index contributed by atoms with van der Waals surface area (Å²) in [6.07, 6.45) is 3.01. The molecule has 0 bridgehead atoms. The Morgan fingerprint density at radius 3 is 2.46 bits per heavy atom. The Morgan fingerprint density at radius 1 is 1.19 bits per heavy atom. The van der Waals surface area contributed by atoms with E-state index in [0.29, 0.717) is 12.1 Å². The van der Waals surface area contributed by atoms with Crippen molar-refractivity contribution in [3.63, 3.8) is 0 Å². The zero-order chi connectivity index (χ0) is 19.2. The van der Waals surface area contributed by atoms with Crippen LogP contribution in [0.1, 0.15) is 12.5 Å². The van der Waals surface area contributed by atoms with Crippen molar-refractivity contribution in [3.05, 3.63) is 60.2 Å². The molecule has 0 aliphatic carbocycles. The minimum atomic E-state index is -3.67. The minimum Gasteiger partial charge on any atom is -0.495 e. The number of anilines is 1. The highest BCUT2D eigenvalue weighted by molar-refractivity contribution is 7.89. The van der Waals surface area contributed by atoms with E-state index in [1.807, 2.05) is 37.3 Å². The van der Waals surface area contributed by atoms with Gasteiger partial charge in [-0.2, -0.15) is 0 Å². The molecule has 0 aliphatic rings. The second kappa shape index (κ2) is 8.64. The van der Waals surface area contributed by atoms with E-state index in [-0.39, 0.29) is 16.6 Å². The number of amides is 1. The quantitative estimate of drug-likeness (QED) is 0.756. The van der Waals surface area contributed by atoms with E-state index in [0.717, 1.165) is 5.69 Å². The van der Waals surface area contributed by atoms with Gasteiger partial charge in [-0.25, -0.2) is 13.1 Å². The number of hydrogen-bond donors (Lipinski definition) is 1. The number of carbonyl (C=O) groups is 1. The van der Waals surface area contributed by atoms with E-state index in [9.17, 15) is 13.2 Å². The SMILES string of the molecule is CCN(C(=O)/C=C/c1ccc(OC)c(S(=O)(=O)NC)c1)c1ccccc1. The third-order valence-corrected chi connectivity index (χ3v) is 5.25. The lowest BCUT2D eigenvalue weighted by molar-refractivity contribution is -0.114. The van der Waals surface area contributed by atoms with Crippen LogP contribution >= 0.6 is 0 Å². The monoisotopic (exact) mass is 374 g/mol. The number of benzene rings is 2. The van der Waals surface area contributed by atoms with Gasteiger partial charge in [-0.1, -0.05) is 24.3 Å². The molecule has 0 radical (unpaired) electrons. The molecular formula is C19H22N2O4S. The van der Waals surface area contributed by atoms with E-state index in [1.54, 1.807) is 23.1 Å². The van der Waals surface area contributed by atoms with Gasteiger partial charge in [-0.3, -0.25) is 4.79 Å². The fourth-order valence-electron chi connectivity index (χ4n) is 2.45. The Balaban J connectivity index is 2.30. The molecule has 0 spiro atoms. The van der Waals surface area contributed by atoms with Crippen molar-refractivity contribution < 1.29 is 17.9 Å². The average Bonchev–Trinajstić information content (AvgIpc) is 2.67. The molecule has 26 heavy (non-hydrogen) atoms. The average molecular weight is 374 g/mol. The second-order valence-electron chi connectivity index (χ2n) is 5.37. The van der Waals surface area contributed by atoms with Crippen LogP contribution < -0.4 is 14.4 Å². The second-order valence-corrected chi connectivity index (χ2v) is 7.22. The maximum Gasteiger partial charge on any atom is 0.250 e. The van der Waals surface area contributed by atoms with Crippen LogP contribution in [0.3, 0.4) is 0 Å². The molecule has 2 aromatic carbocycles. The summed E-state index contributed by atoms with van der Waals surface area (Å²) in [7, 11) is -0.932. The summed E-state index contributed by atoms with van der Waals surface area (Å²) < 4.78 is 31.6. The highest BCUT2D eigenvalue weighted by Gasteiger charge is 2.18. The first kappa shape index (κ1) is 19.7. The number of methoxy groups -OCH3 is 1. The molecular weight excluding hydrogens is 352 g/mol. The van der Waals surface area contributed by atoms with Crippen LogP contribution in [0.15, 0.2) is 59.5 Å². The number of para-hydroxylation sites is 1. The molecule has 0 saturated carbocycles. The van der Waals surface area contributed by atoms with Crippen LogP contribution in [-0.2, 0) is 14.8 Å². The summed E-state index contributed by atoms with van der Waals surface area (Å²) in [5.41, 5.74) is 1.38. The minimum absolute atomic E-state index is 0.0208. The molecule has 2 aromatic rings. The lowest BCUT2D eigenvalue weighted by Gasteiger charge is -2.19. The fraction of sp³-hybridized carbons (Fsp3) is 0.211. The topological polar surface area (TPSA) is 75.7 Å². The van der Waals surface area contributed by atoms with Gasteiger partial charge in [0.1, 0.15) is 10.6 Å². The highest BCUT2D eigenvalue weighted by Crippen LogP contribution is 2.25. The Morgan fingerprint density at radius 2 is 1.88 bits per heavy atom. The molecule has 138 valence electrons. The van der Waals surface area contributed by atoms with Crippen molar-refractivity contribution in [2.24, 2.45) is 0 Å². The lowest BCUT2D eigenvalue weighted by Crippen LogP contribution is -2.28. The smallest absolute Gasteiger partial charge is 0.250 e. The number of likely N-dealkylation sites (N-methyl/N-ethyl adjacent to an activating group) is 1. The number of nitrogens with one attached hydrogen (secondary N) is 1. The number of carbonyl (C=O) groups excluding carboxylic acids is 1. The summed E-state index contributed by atoms with van der Waals surface area (Å²) in [6, 6.07) is 14.1. The van der Waals surface area contributed by atoms with Gasteiger partial charge in [0.2, 0.25) is 10.0 Å². The zero-order valence-corrected chi connectivity index (χ0v) is 15.8. The normalized spacial score (nSPS) is 11.5. The zero-order valence-electron chi connectivity index (χ0n) is 15.0. The van der Waals surface area contributed by atoms with E-state index in [1.165, 1.54) is 26.3 Å². The molecule has 6 nitrogen and oxygen atoms in total. The number of sulfonamides is 1. The Hall–Kier alpha value is -2.64. The van der Waals surface area contributed by atoms with E-state index >= 15 is 0 Å². The molecule has 0 heterocycles. The van der Waals surface area contributed by atoms with Gasteiger partial charge in [-0.15, -0.1) is 0 Å². The van der Waals surface area contributed by atoms with Crippen LogP contribution in [0.5, 0.6) is 5.75 Å². The summed E-state index contributed by atoms with van der Waals surface area (Å²) in [6.45, 7) is 2.42. The molecule has 0 aliphatic heterocycles. The summed E-state index contributed by atoms with van der Waals surface area (Å²) in [4.78, 5) is 14.1. The van der Waals surface area contributed by atoms with Crippen molar-refractivity contribution >= 4 is 27.7 Å². The maximum absolute atomic E-state index is 12.5. The standard InChI is InChI=1S/C19H22N2O4S/c1-4-21(16-8-6-5-7-9-16)19(22)13-11-15-10-12-17(25-3)18(14-15)26(23,24)20-2/h5-14,20H,4H2,1-3H3/b13-11+. The van der Waals surface area contributed by atoms with Crippen molar-refractivity contribution in [1.29, 1.82) is 0 Å². The van der Waals surface area contributed by atoms with Crippen LogP contribution in [0, 0.1) is 0 Å². The van der Waals surface area contributed by atoms with Crippen molar-refractivity contribution in [2.75, 3.05) is 25.6 Å². The Kier molecular flexibility index (Phi) is 6.54. The van der Waals surface area contributed by atoms with Crippen molar-refractivity contribution in [2.45, 2.75) is 11.8 Å². The number of hydrogen-bond acceptors (Lipinski definition) is 4. The molecule has 1 amide bonds. The summed E-state index contributed by atoms with van der Waals surface area (Å²) in [5.74, 6) is 0.0508. The highest BCUT2D eigenvalue weighted by atomic mass is 32.2. The Bertz CT molecular complexity index is 893. The summed E-state index contributed by atoms with van der Waals surface area (Å²) in [5, 5.41) is 0. The molecule has 1 N–H and O–H groups in total. The van der Waals surface area contributed by atoms with Crippen molar-refractivity contribution in [1.82, 2.24) is 4.72 Å². The molecule has 0 saturated heterocycles. The van der Waals surface area contributed by atoms with Crippen LogP contribution in [0.25, 0.3) is 6.08 Å². The third kappa shape index (κ3) is 4.50. The van der Waals surface area contributed by atoms with E-state index < -0.39 is 10.0 Å². The number of ether oxygens (including phenoxy) is 1. The number of rotatable bonds is 7. The molecule has 0 atom stereocenters. The molecule has 2 rings (SSSR count). The predicted molar refractivity (Wildman–Crippen MR) is 103 cm³/mol. The molecule has 7 heteroatoms. The Labute approximate surface area is 154 Å². The summed E-state index contributed by atoms with van der Waals surface area (Å²) >= 11 is 0. The van der Waals surface area contributed by atoms with E-state index in [2.05, 4.69) is 4.72 Å². The van der Waals surface area contributed by atoms with Gasteiger partial charge in [0.15, 0.2) is 0 Å². The van der Waals surface area contributed by atoms with E-state index in [4.69, 9.17) is 4.74 Å². The van der Waals surface area contributed by atoms with Gasteiger partial charge in [0, 0.05) is 18.3 Å². The van der Waals surface area contributed by atoms with Gasteiger partial charge >= 0.3 is 0 Å². The predicted octanol–water partition coefficient (Wildman–Crippen LogP) is 2.67. The molecule has 0 unspecified atom stereocenters. The van der Waals surface area contributed by atoms with Crippen LogP contribution in [0.4, 0.5) is 5.69 Å². The largest absolute Gasteiger partial charge is 0.495 e. The van der Waals surface area contributed by atoms with Gasteiger partial charge < -0.3 is 9.64 Å². The first-order valence-electron chi connectivity index (χ1n) is 8.09. The number of nitrogens with zero attached hydrogens (tertiary/aromatic N) is 1. The maximum atomic E-state index is 12.5. The van der Waals surface area contributed by atoms with Gasteiger partial charge in [0.05, 0.1) is 7.11 Å². The van der Waals surface area contributed by atoms with Gasteiger partial charge in [-0.05, 0) is 49.9 Å². The van der Waals surface area contributed by atoms with Crippen LogP contribution in [-0.4, -0.2) is 35.0 Å². The lowest BCUT2D eigenvalue weighted by atomic mass is 10.2. The first-order chi connectivity index (χ1) is 12.4. The fourth-order valence-corrected chi connectivity index (χ4v) is 3.38.